The predicted octanol–water partition coefficient (Wildman–Crippen LogP) is 4.84. The molecule has 14 nitrogen and oxygen atoms in total. The number of nitrogens with one attached hydrogen (secondary N) is 1. The highest BCUT2D eigenvalue weighted by Crippen LogP contribution is 2.26. The molecule has 0 amide bonds. The zero-order valence-corrected chi connectivity index (χ0v) is 26.2. The monoisotopic (exact) mass is 668 g/mol. The predicted molar refractivity (Wildman–Crippen MR) is 179 cm³/mol. The average molecular weight is 669 g/mol. The third-order valence-corrected chi connectivity index (χ3v) is 7.06. The van der Waals surface area contributed by atoms with Gasteiger partial charge in [-0.25, -0.2) is 28.9 Å². The van der Waals surface area contributed by atoms with Crippen LogP contribution < -0.4 is 10.3 Å². The second-order valence-electron chi connectivity index (χ2n) is 10.4. The quantitative estimate of drug-likeness (QED) is 0.190. The Balaban J connectivity index is 0.000000178. The second-order valence-corrected chi connectivity index (χ2v) is 10.4. The number of carboxylic acids is 1. The number of hydrogen-bond donors (Lipinski definition) is 2. The summed E-state index contributed by atoms with van der Waals surface area (Å²) in [5.74, 6) is -1.42. The van der Waals surface area contributed by atoms with E-state index >= 15 is 0 Å². The first-order valence-corrected chi connectivity index (χ1v) is 15.1. The van der Waals surface area contributed by atoms with Crippen LogP contribution in [0, 0.1) is 0 Å². The summed E-state index contributed by atoms with van der Waals surface area (Å²) in [7, 11) is 0. The maximum Gasteiger partial charge on any atom is 0.346 e. The minimum atomic E-state index is -1.14. The molecular weight excluding hydrogens is 640 g/mol. The van der Waals surface area contributed by atoms with Gasteiger partial charge in [-0.3, -0.25) is 9.78 Å². The SMILES string of the molecule is O=C(O)c1cnc(-n2cccn2)nc1OCc1ccccc1.O=C(OC(c1ccccc1)c1ccccc1)c1cnc(-n2cccn2)[nH]c1=O. The number of esters is 1. The van der Waals surface area contributed by atoms with Crippen molar-refractivity contribution in [2.45, 2.75) is 12.7 Å². The van der Waals surface area contributed by atoms with Crippen molar-refractivity contribution in [3.63, 3.8) is 0 Å². The fourth-order valence-electron chi connectivity index (χ4n) is 4.63. The molecule has 2 N–H and O–H groups in total. The number of benzene rings is 3. The van der Waals surface area contributed by atoms with Gasteiger partial charge in [-0.15, -0.1) is 0 Å². The van der Waals surface area contributed by atoms with Crippen molar-refractivity contribution in [1.29, 1.82) is 0 Å². The molecule has 50 heavy (non-hydrogen) atoms. The number of hydrogen-bond acceptors (Lipinski definition) is 10. The maximum atomic E-state index is 12.7. The number of carbonyl (C=O) groups is 2. The van der Waals surface area contributed by atoms with Crippen molar-refractivity contribution in [3.8, 4) is 17.8 Å². The molecule has 7 rings (SSSR count). The van der Waals surface area contributed by atoms with Crippen LogP contribution in [0.15, 0.2) is 145 Å². The Bertz CT molecular complexity index is 2170. The van der Waals surface area contributed by atoms with Gasteiger partial charge in [-0.1, -0.05) is 91.0 Å². The lowest BCUT2D eigenvalue weighted by atomic mass is 10.0. The summed E-state index contributed by atoms with van der Waals surface area (Å²) < 4.78 is 14.1. The Morgan fingerprint density at radius 3 is 1.88 bits per heavy atom. The summed E-state index contributed by atoms with van der Waals surface area (Å²) in [5.41, 5.74) is 1.67. The Hall–Kier alpha value is -7.22. The maximum absolute atomic E-state index is 12.7. The first kappa shape index (κ1) is 32.7. The van der Waals surface area contributed by atoms with Gasteiger partial charge in [0.1, 0.15) is 17.7 Å². The highest BCUT2D eigenvalue weighted by Gasteiger charge is 2.22. The zero-order chi connectivity index (χ0) is 34.7. The van der Waals surface area contributed by atoms with Crippen LogP contribution in [-0.2, 0) is 11.3 Å². The fraction of sp³-hybridized carbons (Fsp3) is 0.0556. The first-order chi connectivity index (χ1) is 24.5. The summed E-state index contributed by atoms with van der Waals surface area (Å²) in [6.45, 7) is 0.219. The van der Waals surface area contributed by atoms with Gasteiger partial charge in [0.15, 0.2) is 6.10 Å². The summed E-state index contributed by atoms with van der Waals surface area (Å²) in [6.07, 6.45) is 8.22. The van der Waals surface area contributed by atoms with Crippen molar-refractivity contribution in [1.82, 2.24) is 39.5 Å². The van der Waals surface area contributed by atoms with Gasteiger partial charge in [0.25, 0.3) is 11.5 Å². The lowest BCUT2D eigenvalue weighted by Crippen LogP contribution is -2.24. The fourth-order valence-corrected chi connectivity index (χ4v) is 4.63. The first-order valence-electron chi connectivity index (χ1n) is 15.1. The number of ether oxygens (including phenoxy) is 2. The molecule has 14 heteroatoms. The molecule has 0 saturated carbocycles. The highest BCUT2D eigenvalue weighted by atomic mass is 16.5. The van der Waals surface area contributed by atoms with E-state index in [-0.39, 0.29) is 35.5 Å². The molecule has 0 aliphatic carbocycles. The molecule has 0 bridgehead atoms. The van der Waals surface area contributed by atoms with Crippen molar-refractivity contribution in [3.05, 3.63) is 178 Å². The molecule has 0 unspecified atom stereocenters. The average Bonchev–Trinajstić information content (AvgIpc) is 3.90. The van der Waals surface area contributed by atoms with Crippen molar-refractivity contribution < 1.29 is 24.2 Å². The molecule has 3 aromatic carbocycles. The molecular formula is C36H28N8O6. The van der Waals surface area contributed by atoms with Crippen LogP contribution in [0.1, 0.15) is 43.5 Å². The zero-order valence-electron chi connectivity index (χ0n) is 26.2. The highest BCUT2D eigenvalue weighted by molar-refractivity contribution is 5.90. The Morgan fingerprint density at radius 2 is 1.32 bits per heavy atom. The molecule has 0 spiro atoms. The van der Waals surface area contributed by atoms with Gasteiger partial charge in [0.2, 0.25) is 11.8 Å². The summed E-state index contributed by atoms with van der Waals surface area (Å²) in [4.78, 5) is 51.1. The molecule has 7 aromatic rings. The van der Waals surface area contributed by atoms with Gasteiger partial charge < -0.3 is 14.6 Å². The molecule has 248 valence electrons. The minimum Gasteiger partial charge on any atom is -0.477 e. The number of aromatic carboxylic acids is 1. The number of aromatic amines is 1. The van der Waals surface area contributed by atoms with E-state index in [1.165, 1.54) is 21.8 Å². The van der Waals surface area contributed by atoms with E-state index in [0.29, 0.717) is 0 Å². The number of H-pyrrole nitrogens is 1. The molecule has 4 aromatic heterocycles. The van der Waals surface area contributed by atoms with Gasteiger partial charge >= 0.3 is 11.9 Å². The van der Waals surface area contributed by atoms with Crippen molar-refractivity contribution in [2.75, 3.05) is 0 Å². The number of rotatable bonds is 10. The largest absolute Gasteiger partial charge is 0.477 e. The summed E-state index contributed by atoms with van der Waals surface area (Å²) >= 11 is 0. The van der Waals surface area contributed by atoms with Crippen LogP contribution in [-0.4, -0.2) is 56.5 Å². The van der Waals surface area contributed by atoms with Gasteiger partial charge in [-0.05, 0) is 28.8 Å². The molecule has 0 aliphatic rings. The second kappa shape index (κ2) is 15.6. The molecule has 0 aliphatic heterocycles. The smallest absolute Gasteiger partial charge is 0.346 e. The Kier molecular flexibility index (Phi) is 10.2. The van der Waals surface area contributed by atoms with Crippen LogP contribution >= 0.6 is 0 Å². The van der Waals surface area contributed by atoms with Crippen molar-refractivity contribution >= 4 is 11.9 Å². The molecule has 4 heterocycles. The van der Waals surface area contributed by atoms with E-state index in [1.807, 2.05) is 91.0 Å². The van der Waals surface area contributed by atoms with Crippen LogP contribution in [0.2, 0.25) is 0 Å². The molecule has 0 radical (unpaired) electrons. The number of carbonyl (C=O) groups excluding carboxylic acids is 1. The number of carboxylic acid groups (broad SMARTS) is 1. The van der Waals surface area contributed by atoms with Crippen LogP contribution in [0.3, 0.4) is 0 Å². The molecule has 0 saturated heterocycles. The van der Waals surface area contributed by atoms with Gasteiger partial charge in [0.05, 0.1) is 12.4 Å². The van der Waals surface area contributed by atoms with E-state index < -0.39 is 23.6 Å². The Morgan fingerprint density at radius 1 is 0.740 bits per heavy atom. The topological polar surface area (TPSA) is 180 Å². The van der Waals surface area contributed by atoms with Crippen LogP contribution in [0.4, 0.5) is 0 Å². The number of nitrogens with zero attached hydrogens (tertiary/aromatic N) is 7. The molecule has 0 atom stereocenters. The lowest BCUT2D eigenvalue weighted by molar-refractivity contribution is 0.0375. The van der Waals surface area contributed by atoms with Gasteiger partial charge in [-0.2, -0.15) is 15.2 Å². The lowest BCUT2D eigenvalue weighted by Gasteiger charge is -2.18. The third-order valence-electron chi connectivity index (χ3n) is 7.06. The normalized spacial score (nSPS) is 10.6. The number of aromatic nitrogens is 8. The standard InChI is InChI=1S/C21H16N4O3.C15H12N4O3/c26-19-17(14-22-21(24-19)25-13-7-12-23-25)20(27)28-18(15-8-3-1-4-9-15)16-10-5-2-6-11-16;20-14(21)12-9-16-15(19-8-4-7-17-19)18-13(12)22-10-11-5-2-1-3-6-11/h1-14,18H,(H,22,24,26);1-9H,10H2,(H,20,21). The molecule has 0 fully saturated rings. The summed E-state index contributed by atoms with van der Waals surface area (Å²) in [6, 6.07) is 31.6. The van der Waals surface area contributed by atoms with E-state index in [9.17, 15) is 19.5 Å². The van der Waals surface area contributed by atoms with E-state index in [1.54, 1.807) is 36.9 Å². The van der Waals surface area contributed by atoms with Gasteiger partial charge in [0, 0.05) is 24.8 Å². The minimum absolute atomic E-state index is 0.0110. The van der Waals surface area contributed by atoms with E-state index in [4.69, 9.17) is 9.47 Å². The van der Waals surface area contributed by atoms with E-state index in [2.05, 4.69) is 30.1 Å². The van der Waals surface area contributed by atoms with Crippen LogP contribution in [0.5, 0.6) is 5.88 Å². The van der Waals surface area contributed by atoms with E-state index in [0.717, 1.165) is 16.7 Å². The van der Waals surface area contributed by atoms with Crippen molar-refractivity contribution in [2.24, 2.45) is 0 Å². The third kappa shape index (κ3) is 8.01. The summed E-state index contributed by atoms with van der Waals surface area (Å²) in [5, 5.41) is 17.2. The van der Waals surface area contributed by atoms with Crippen LogP contribution in [0.25, 0.3) is 11.9 Å². The Labute approximate surface area is 284 Å².